The zero-order chi connectivity index (χ0) is 19.2. The van der Waals surface area contributed by atoms with Crippen LogP contribution in [-0.4, -0.2) is 44.9 Å². The molecule has 0 spiro atoms. The molecule has 2 aromatic rings. The Morgan fingerprint density at radius 3 is 2.96 bits per heavy atom. The summed E-state index contributed by atoms with van der Waals surface area (Å²) < 4.78 is 6.55. The Kier molecular flexibility index (Phi) is 6.52. The summed E-state index contributed by atoms with van der Waals surface area (Å²) in [6.45, 7) is 4.14. The number of ether oxygens (including phenoxy) is 1. The van der Waals surface area contributed by atoms with E-state index in [9.17, 15) is 4.79 Å². The summed E-state index contributed by atoms with van der Waals surface area (Å²) in [4.78, 5) is 11.9. The maximum Gasteiger partial charge on any atom is 0.327 e. The van der Waals surface area contributed by atoms with E-state index in [-0.39, 0.29) is 30.6 Å². The minimum atomic E-state index is -0.358. The van der Waals surface area contributed by atoms with Crippen molar-refractivity contribution in [3.8, 4) is 0 Å². The molecule has 146 valence electrons. The van der Waals surface area contributed by atoms with Crippen molar-refractivity contribution < 1.29 is 9.53 Å². The summed E-state index contributed by atoms with van der Waals surface area (Å²) in [5.41, 5.74) is 8.55. The van der Waals surface area contributed by atoms with Gasteiger partial charge in [0.25, 0.3) is 0 Å². The highest BCUT2D eigenvalue weighted by Gasteiger charge is 2.29. The zero-order valence-electron chi connectivity index (χ0n) is 16.0. The van der Waals surface area contributed by atoms with E-state index in [1.807, 2.05) is 12.1 Å². The fourth-order valence-electron chi connectivity index (χ4n) is 3.61. The van der Waals surface area contributed by atoms with E-state index in [1.54, 1.807) is 6.92 Å². The summed E-state index contributed by atoms with van der Waals surface area (Å²) in [5, 5.41) is 15.7. The molecule has 0 bridgehead atoms. The number of hydrogen-bond donors (Lipinski definition) is 2. The van der Waals surface area contributed by atoms with Gasteiger partial charge in [-0.25, -0.2) is 4.68 Å². The molecular weight excluding hydrogens is 344 g/mol. The van der Waals surface area contributed by atoms with Gasteiger partial charge in [0.1, 0.15) is 6.54 Å². The molecule has 0 radical (unpaired) electrons. The van der Waals surface area contributed by atoms with Gasteiger partial charge < -0.3 is 10.5 Å². The number of aryl methyl sites for hydroxylation is 1. The lowest BCUT2D eigenvalue weighted by Crippen LogP contribution is -2.49. The first-order valence-electron chi connectivity index (χ1n) is 9.58. The van der Waals surface area contributed by atoms with E-state index in [0.29, 0.717) is 12.4 Å². The SMILES string of the molecule is CCOC(=O)Cn1nnnc1C(NC1CCCCC1N)c1cccc(C)c1. The third-order valence-electron chi connectivity index (χ3n) is 4.98. The van der Waals surface area contributed by atoms with E-state index >= 15 is 0 Å². The number of carbonyl (C=O) groups excluding carboxylic acids is 1. The maximum absolute atomic E-state index is 11.9. The Balaban J connectivity index is 1.90. The molecule has 1 aromatic carbocycles. The number of nitrogens with two attached hydrogens (primary N) is 1. The van der Waals surface area contributed by atoms with Gasteiger partial charge >= 0.3 is 5.97 Å². The summed E-state index contributed by atoms with van der Waals surface area (Å²) in [7, 11) is 0. The average Bonchev–Trinajstić information content (AvgIpc) is 3.09. The summed E-state index contributed by atoms with van der Waals surface area (Å²) in [6, 6.07) is 8.24. The van der Waals surface area contributed by atoms with Crippen molar-refractivity contribution in [3.05, 3.63) is 41.2 Å². The maximum atomic E-state index is 11.9. The smallest absolute Gasteiger partial charge is 0.327 e. The highest BCUT2D eigenvalue weighted by atomic mass is 16.5. The largest absolute Gasteiger partial charge is 0.465 e. The van der Waals surface area contributed by atoms with Gasteiger partial charge in [0.05, 0.1) is 12.6 Å². The zero-order valence-corrected chi connectivity index (χ0v) is 16.0. The van der Waals surface area contributed by atoms with Crippen molar-refractivity contribution in [2.45, 2.75) is 64.2 Å². The average molecular weight is 372 g/mol. The van der Waals surface area contributed by atoms with Gasteiger partial charge in [-0.15, -0.1) is 5.10 Å². The second-order valence-corrected chi connectivity index (χ2v) is 7.07. The van der Waals surface area contributed by atoms with Gasteiger partial charge in [-0.3, -0.25) is 10.1 Å². The second kappa shape index (κ2) is 9.05. The molecule has 0 amide bonds. The fourth-order valence-corrected chi connectivity index (χ4v) is 3.61. The Morgan fingerprint density at radius 1 is 1.41 bits per heavy atom. The molecule has 3 N–H and O–H groups in total. The molecule has 1 fully saturated rings. The van der Waals surface area contributed by atoms with Crippen LogP contribution < -0.4 is 11.1 Å². The van der Waals surface area contributed by atoms with E-state index in [1.165, 1.54) is 4.68 Å². The topological polar surface area (TPSA) is 108 Å². The van der Waals surface area contributed by atoms with E-state index < -0.39 is 0 Å². The minimum Gasteiger partial charge on any atom is -0.465 e. The van der Waals surface area contributed by atoms with Gasteiger partial charge in [0, 0.05) is 12.1 Å². The van der Waals surface area contributed by atoms with Gasteiger partial charge in [0.2, 0.25) is 0 Å². The van der Waals surface area contributed by atoms with Crippen LogP contribution >= 0.6 is 0 Å². The molecule has 1 aromatic heterocycles. The first kappa shape index (κ1) is 19.4. The van der Waals surface area contributed by atoms with Gasteiger partial charge in [-0.05, 0) is 42.7 Å². The van der Waals surface area contributed by atoms with Crippen LogP contribution in [0.2, 0.25) is 0 Å². The van der Waals surface area contributed by atoms with Gasteiger partial charge in [-0.1, -0.05) is 42.7 Å². The van der Waals surface area contributed by atoms with Crippen LogP contribution in [0.4, 0.5) is 0 Å². The quantitative estimate of drug-likeness (QED) is 0.709. The van der Waals surface area contributed by atoms with Crippen LogP contribution in [0.5, 0.6) is 0 Å². The predicted octanol–water partition coefficient (Wildman–Crippen LogP) is 1.49. The van der Waals surface area contributed by atoms with Gasteiger partial charge in [0.15, 0.2) is 5.82 Å². The van der Waals surface area contributed by atoms with Crippen LogP contribution in [0.3, 0.4) is 0 Å². The van der Waals surface area contributed by atoms with Crippen LogP contribution in [0.1, 0.15) is 55.6 Å². The van der Waals surface area contributed by atoms with Crippen LogP contribution in [0.15, 0.2) is 24.3 Å². The van der Waals surface area contributed by atoms with Crippen molar-refractivity contribution >= 4 is 5.97 Å². The molecule has 0 saturated heterocycles. The lowest BCUT2D eigenvalue weighted by Gasteiger charge is -2.33. The fraction of sp³-hybridized carbons (Fsp3) is 0.579. The number of esters is 1. The Labute approximate surface area is 159 Å². The Morgan fingerprint density at radius 2 is 2.22 bits per heavy atom. The second-order valence-electron chi connectivity index (χ2n) is 7.07. The number of aromatic nitrogens is 4. The molecule has 1 heterocycles. The third-order valence-corrected chi connectivity index (χ3v) is 4.98. The first-order chi connectivity index (χ1) is 13.1. The molecule has 8 nitrogen and oxygen atoms in total. The standard InChI is InChI=1S/C19H28N6O2/c1-3-27-17(26)12-25-19(22-23-24-25)18(14-8-6-7-13(2)11-14)21-16-10-5-4-9-15(16)20/h6-8,11,15-16,18,21H,3-5,9-10,12,20H2,1-2H3. The van der Waals surface area contributed by atoms with E-state index in [0.717, 1.165) is 36.8 Å². The van der Waals surface area contributed by atoms with E-state index in [2.05, 4.69) is 39.9 Å². The summed E-state index contributed by atoms with van der Waals surface area (Å²) >= 11 is 0. The number of nitrogens with one attached hydrogen (secondary N) is 1. The molecular formula is C19H28N6O2. The number of rotatable bonds is 7. The number of nitrogens with zero attached hydrogens (tertiary/aromatic N) is 4. The molecule has 3 atom stereocenters. The monoisotopic (exact) mass is 372 g/mol. The highest BCUT2D eigenvalue weighted by Crippen LogP contribution is 2.25. The molecule has 1 aliphatic carbocycles. The Bertz CT molecular complexity index is 762. The van der Waals surface area contributed by atoms with Crippen molar-refractivity contribution in [1.29, 1.82) is 0 Å². The Hall–Kier alpha value is -2.32. The van der Waals surface area contributed by atoms with Crippen LogP contribution in [0, 0.1) is 6.92 Å². The molecule has 1 aliphatic rings. The molecule has 3 unspecified atom stereocenters. The minimum absolute atomic E-state index is 0.0170. The van der Waals surface area contributed by atoms with Crippen molar-refractivity contribution in [2.24, 2.45) is 5.73 Å². The van der Waals surface area contributed by atoms with Crippen LogP contribution in [-0.2, 0) is 16.1 Å². The van der Waals surface area contributed by atoms with Gasteiger partial charge in [-0.2, -0.15) is 0 Å². The van der Waals surface area contributed by atoms with Crippen molar-refractivity contribution in [2.75, 3.05) is 6.61 Å². The molecule has 8 heteroatoms. The summed E-state index contributed by atoms with van der Waals surface area (Å²) in [6.07, 6.45) is 4.34. The summed E-state index contributed by atoms with van der Waals surface area (Å²) in [5.74, 6) is 0.231. The molecule has 27 heavy (non-hydrogen) atoms. The van der Waals surface area contributed by atoms with Crippen molar-refractivity contribution in [1.82, 2.24) is 25.5 Å². The molecule has 0 aliphatic heterocycles. The molecule has 1 saturated carbocycles. The lowest BCUT2D eigenvalue weighted by molar-refractivity contribution is -0.144. The number of hydrogen-bond acceptors (Lipinski definition) is 7. The number of benzene rings is 1. The van der Waals surface area contributed by atoms with Crippen molar-refractivity contribution in [3.63, 3.8) is 0 Å². The first-order valence-corrected chi connectivity index (χ1v) is 9.58. The van der Waals surface area contributed by atoms with E-state index in [4.69, 9.17) is 10.5 Å². The number of tetrazole rings is 1. The predicted molar refractivity (Wildman–Crippen MR) is 101 cm³/mol. The lowest BCUT2D eigenvalue weighted by atomic mass is 9.89. The molecule has 3 rings (SSSR count). The normalized spacial score (nSPS) is 21.0. The highest BCUT2D eigenvalue weighted by molar-refractivity contribution is 5.69. The van der Waals surface area contributed by atoms with Crippen LogP contribution in [0.25, 0.3) is 0 Å². The number of carbonyl (C=O) groups is 1. The third kappa shape index (κ3) is 4.90.